The summed E-state index contributed by atoms with van der Waals surface area (Å²) < 4.78 is 15.5. The Balaban J connectivity index is 0.00000196. The van der Waals surface area contributed by atoms with Gasteiger partial charge in [-0.15, -0.1) is 0 Å². The summed E-state index contributed by atoms with van der Waals surface area (Å²) in [5.74, 6) is 0. The normalized spacial score (nSPS) is 37.3. The average molecular weight is 389 g/mol. The summed E-state index contributed by atoms with van der Waals surface area (Å²) in [7, 11) is 7.20. The molecular formula is C9H16BO4Os. The first kappa shape index (κ1) is 15.5. The van der Waals surface area contributed by atoms with Crippen LogP contribution < -0.4 is 0 Å². The fourth-order valence-corrected chi connectivity index (χ4v) is 1.27. The second kappa shape index (κ2) is 6.98. The molecule has 5 atom stereocenters. The van der Waals surface area contributed by atoms with Crippen molar-refractivity contribution < 1.29 is 39.1 Å². The molecule has 1 N–H and O–H groups in total. The van der Waals surface area contributed by atoms with Crippen molar-refractivity contribution in [2.24, 2.45) is 0 Å². The maximum Gasteiger partial charge on any atom is 1.00 e. The van der Waals surface area contributed by atoms with Gasteiger partial charge in [-0.2, -0.15) is 0 Å². The van der Waals surface area contributed by atoms with Gasteiger partial charge < -0.3 is 26.2 Å². The molecule has 0 aromatic carbocycles. The Morgan fingerprint density at radius 1 is 1.60 bits per heavy atom. The molecule has 15 heavy (non-hydrogen) atoms. The van der Waals surface area contributed by atoms with Crippen LogP contribution in [0.3, 0.4) is 0 Å². The molecule has 3 radical (unpaired) electrons. The second-order valence-corrected chi connectivity index (χ2v) is 3.47. The third kappa shape index (κ3) is 4.13. The number of hydrogen-bond donors (Lipinski definition) is 1. The van der Waals surface area contributed by atoms with Crippen molar-refractivity contribution in [1.82, 2.24) is 0 Å². The number of methoxy groups -OCH3 is 1. The van der Waals surface area contributed by atoms with E-state index in [1.165, 1.54) is 0 Å². The number of ether oxygens (including phenoxy) is 3. The number of rotatable bonds is 4. The van der Waals surface area contributed by atoms with Gasteiger partial charge in [-0.05, 0) is 13.0 Å². The molecule has 1 rings (SSSR count). The van der Waals surface area contributed by atoms with Crippen LogP contribution in [0.5, 0.6) is 0 Å². The molecule has 2 unspecified atom stereocenters. The van der Waals surface area contributed by atoms with Gasteiger partial charge in [0.15, 0.2) is 0 Å². The summed E-state index contributed by atoms with van der Waals surface area (Å²) in [6.07, 6.45) is -1.84. The summed E-state index contributed by atoms with van der Waals surface area (Å²) in [4.78, 5) is 0. The fourth-order valence-electron chi connectivity index (χ4n) is 1.27. The molecule has 1 aliphatic rings. The Morgan fingerprint density at radius 3 is 2.60 bits per heavy atom. The van der Waals surface area contributed by atoms with Crippen LogP contribution in [0, 0.1) is 6.92 Å². The molecule has 1 heterocycles. The molecule has 0 amide bonds. The van der Waals surface area contributed by atoms with E-state index in [2.05, 4.69) is 6.92 Å². The standard InChI is InChI=1S/C9H16BO4.Os/c1-5(12-3)4-13-8-7(11)6(2)14-9(8)10;/h5-9,11H,2,4H2,1,3H3;/q-1;+1/t5-,6+,7?,8?,9+;/m0./s1. The van der Waals surface area contributed by atoms with E-state index in [1.807, 2.05) is 6.92 Å². The van der Waals surface area contributed by atoms with Gasteiger partial charge in [0.1, 0.15) is 14.0 Å². The molecule has 0 aromatic rings. The predicted molar refractivity (Wildman–Crippen MR) is 52.0 cm³/mol. The summed E-state index contributed by atoms with van der Waals surface area (Å²) in [5.41, 5.74) is 0. The Hall–Kier alpha value is 0.541. The minimum atomic E-state index is -0.769. The molecule has 0 aliphatic carbocycles. The van der Waals surface area contributed by atoms with Crippen molar-refractivity contribution in [2.75, 3.05) is 13.7 Å². The van der Waals surface area contributed by atoms with Crippen molar-refractivity contribution >= 4 is 7.85 Å². The van der Waals surface area contributed by atoms with Crippen LogP contribution in [0.2, 0.25) is 0 Å². The van der Waals surface area contributed by atoms with Crippen molar-refractivity contribution in [3.63, 3.8) is 0 Å². The van der Waals surface area contributed by atoms with Crippen molar-refractivity contribution in [1.29, 1.82) is 0 Å². The van der Waals surface area contributed by atoms with E-state index < -0.39 is 24.3 Å². The molecule has 6 heteroatoms. The summed E-state index contributed by atoms with van der Waals surface area (Å²) in [5, 5.41) is 9.58. The van der Waals surface area contributed by atoms with Crippen LogP contribution in [-0.2, 0) is 34.0 Å². The van der Waals surface area contributed by atoms with Gasteiger partial charge in [-0.1, -0.05) is 0 Å². The third-order valence-corrected chi connectivity index (χ3v) is 2.30. The van der Waals surface area contributed by atoms with E-state index in [0.717, 1.165) is 0 Å². The van der Waals surface area contributed by atoms with Crippen LogP contribution in [0.15, 0.2) is 0 Å². The van der Waals surface area contributed by atoms with Gasteiger partial charge in [-0.25, -0.2) is 0 Å². The zero-order chi connectivity index (χ0) is 10.7. The van der Waals surface area contributed by atoms with Crippen molar-refractivity contribution in [3.05, 3.63) is 6.92 Å². The van der Waals surface area contributed by atoms with Gasteiger partial charge in [0.2, 0.25) is 0 Å². The van der Waals surface area contributed by atoms with E-state index in [4.69, 9.17) is 22.1 Å². The minimum Gasteiger partial charge on any atom is -0.411 e. The third-order valence-electron chi connectivity index (χ3n) is 2.30. The smallest absolute Gasteiger partial charge is 0.411 e. The van der Waals surface area contributed by atoms with Crippen LogP contribution >= 0.6 is 0 Å². The van der Waals surface area contributed by atoms with E-state index in [-0.39, 0.29) is 25.9 Å². The number of hydrogen-bond acceptors (Lipinski definition) is 4. The summed E-state index contributed by atoms with van der Waals surface area (Å²) >= 11 is 0. The number of aliphatic hydroxyl groups excluding tert-OH is 1. The average Bonchev–Trinajstić information content (AvgIpc) is 2.39. The van der Waals surface area contributed by atoms with Gasteiger partial charge >= 0.3 is 19.8 Å². The maximum absolute atomic E-state index is 9.58. The van der Waals surface area contributed by atoms with Gasteiger partial charge in [0, 0.05) is 13.1 Å². The molecule has 1 saturated heterocycles. The Labute approximate surface area is 105 Å². The zero-order valence-corrected chi connectivity index (χ0v) is 11.4. The Kier molecular flexibility index (Phi) is 7.23. The van der Waals surface area contributed by atoms with E-state index in [0.29, 0.717) is 6.61 Å². The van der Waals surface area contributed by atoms with Crippen molar-refractivity contribution in [2.45, 2.75) is 37.3 Å². The monoisotopic (exact) mass is 391 g/mol. The fraction of sp³-hybridized carbons (Fsp3) is 0.889. The maximum atomic E-state index is 9.58. The van der Waals surface area contributed by atoms with Crippen LogP contribution in [0.1, 0.15) is 6.92 Å². The van der Waals surface area contributed by atoms with Crippen LogP contribution in [-0.4, -0.2) is 57.1 Å². The number of aliphatic hydroxyl groups is 1. The molecule has 4 nitrogen and oxygen atoms in total. The first-order valence-electron chi connectivity index (χ1n) is 4.63. The molecule has 87 valence electrons. The molecule has 1 fully saturated rings. The largest absolute Gasteiger partial charge is 1.00 e. The van der Waals surface area contributed by atoms with Crippen molar-refractivity contribution in [3.8, 4) is 0 Å². The first-order chi connectivity index (χ1) is 6.56. The van der Waals surface area contributed by atoms with E-state index in [9.17, 15) is 5.11 Å². The zero-order valence-electron chi connectivity index (χ0n) is 8.90. The Bertz CT molecular complexity index is 183. The second-order valence-electron chi connectivity index (χ2n) is 3.47. The SMILES string of the molecule is [B][C@@H]1O[C@H]([CH2-])C(O)C1OC[C@H](C)OC.[Os+]. The van der Waals surface area contributed by atoms with Gasteiger partial charge in [-0.3, -0.25) is 0 Å². The summed E-state index contributed by atoms with van der Waals surface area (Å²) in [6, 6.07) is -0.614. The molecule has 0 saturated carbocycles. The summed E-state index contributed by atoms with van der Waals surface area (Å²) in [6.45, 7) is 5.85. The van der Waals surface area contributed by atoms with Gasteiger partial charge in [0.25, 0.3) is 0 Å². The quantitative estimate of drug-likeness (QED) is 0.520. The van der Waals surface area contributed by atoms with Gasteiger partial charge in [0.05, 0.1) is 18.8 Å². The predicted octanol–water partition coefficient (Wildman–Crippen LogP) is -0.508. The Morgan fingerprint density at radius 2 is 2.20 bits per heavy atom. The molecule has 0 bridgehead atoms. The van der Waals surface area contributed by atoms with Crippen LogP contribution in [0.25, 0.3) is 0 Å². The van der Waals surface area contributed by atoms with E-state index >= 15 is 0 Å². The minimum absolute atomic E-state index is 0. The first-order valence-corrected chi connectivity index (χ1v) is 4.63. The molecule has 0 spiro atoms. The van der Waals surface area contributed by atoms with E-state index in [1.54, 1.807) is 7.11 Å². The topological polar surface area (TPSA) is 47.9 Å². The molecular weight excluding hydrogens is 373 g/mol. The molecule has 0 aromatic heterocycles. The van der Waals surface area contributed by atoms with Crippen LogP contribution in [0.4, 0.5) is 0 Å². The molecule has 1 aliphatic heterocycles.